The van der Waals surface area contributed by atoms with Gasteiger partial charge in [0.25, 0.3) is 11.5 Å². The molecule has 0 radical (unpaired) electrons. The lowest BCUT2D eigenvalue weighted by atomic mass is 10.1. The molecule has 0 saturated heterocycles. The Balaban J connectivity index is 1.65. The second-order valence-electron chi connectivity index (χ2n) is 7.29. The Hall–Kier alpha value is -2.90. The van der Waals surface area contributed by atoms with E-state index in [-0.39, 0.29) is 11.5 Å². The Labute approximate surface area is 175 Å². The van der Waals surface area contributed by atoms with E-state index in [4.69, 9.17) is 11.6 Å². The van der Waals surface area contributed by atoms with Crippen molar-refractivity contribution < 1.29 is 4.79 Å². The minimum absolute atomic E-state index is 0.208. The van der Waals surface area contributed by atoms with Crippen LogP contribution >= 0.6 is 22.9 Å². The molecule has 0 unspecified atom stereocenters. The van der Waals surface area contributed by atoms with Gasteiger partial charge >= 0.3 is 0 Å². The second-order valence-corrected chi connectivity index (χ2v) is 8.71. The fourth-order valence-electron chi connectivity index (χ4n) is 3.82. The highest BCUT2D eigenvalue weighted by molar-refractivity contribution is 7.07. The highest BCUT2D eigenvalue weighted by atomic mass is 35.5. The number of halogens is 1. The van der Waals surface area contributed by atoms with Crippen LogP contribution in [0.25, 0.3) is 5.57 Å². The molecule has 1 N–H and O–H groups in total. The molecule has 6 nitrogen and oxygen atoms in total. The van der Waals surface area contributed by atoms with Gasteiger partial charge in [0, 0.05) is 22.0 Å². The lowest BCUT2D eigenvalue weighted by Crippen LogP contribution is -2.43. The molecule has 146 valence electrons. The third kappa shape index (κ3) is 2.97. The molecule has 0 aliphatic carbocycles. The van der Waals surface area contributed by atoms with Crippen LogP contribution in [0.5, 0.6) is 0 Å². The number of aromatic nitrogens is 1. The number of hydrogen-bond acceptors (Lipinski definition) is 5. The van der Waals surface area contributed by atoms with E-state index in [9.17, 15) is 9.59 Å². The van der Waals surface area contributed by atoms with Crippen molar-refractivity contribution in [1.29, 1.82) is 0 Å². The van der Waals surface area contributed by atoms with Gasteiger partial charge in [-0.05, 0) is 55.3 Å². The molecular weight excluding hydrogens is 408 g/mol. The average molecular weight is 425 g/mol. The summed E-state index contributed by atoms with van der Waals surface area (Å²) in [6, 6.07) is 11.5. The summed E-state index contributed by atoms with van der Waals surface area (Å²) in [6.45, 7) is 4.96. The first kappa shape index (κ1) is 18.1. The van der Waals surface area contributed by atoms with Crippen molar-refractivity contribution in [3.63, 3.8) is 0 Å². The first-order valence-electron chi connectivity index (χ1n) is 9.13. The van der Waals surface area contributed by atoms with Crippen molar-refractivity contribution in [2.75, 3.05) is 16.9 Å². The molecule has 3 aromatic rings. The molecular formula is C21H17ClN4O2S. The topological polar surface area (TPSA) is 66.7 Å². The number of nitrogens with zero attached hydrogens (tertiary/aromatic N) is 3. The van der Waals surface area contributed by atoms with Crippen molar-refractivity contribution >= 4 is 45.8 Å². The van der Waals surface area contributed by atoms with E-state index < -0.39 is 0 Å². The van der Waals surface area contributed by atoms with E-state index in [0.29, 0.717) is 44.5 Å². The minimum Gasteiger partial charge on any atom is -0.334 e. The minimum atomic E-state index is -0.287. The van der Waals surface area contributed by atoms with Crippen molar-refractivity contribution in [2.24, 2.45) is 4.99 Å². The van der Waals surface area contributed by atoms with E-state index >= 15 is 0 Å². The number of nitrogens with one attached hydrogen (secondary N) is 1. The first-order valence-corrected chi connectivity index (χ1v) is 10.3. The molecule has 2 aromatic carbocycles. The number of fused-ring (bicyclic) bond motifs is 2. The quantitative estimate of drug-likeness (QED) is 0.652. The second kappa shape index (κ2) is 6.57. The van der Waals surface area contributed by atoms with Crippen LogP contribution in [0, 0.1) is 13.8 Å². The van der Waals surface area contributed by atoms with E-state index in [1.807, 2.05) is 0 Å². The Bertz CT molecular complexity index is 1350. The molecule has 0 fully saturated rings. The van der Waals surface area contributed by atoms with Crippen molar-refractivity contribution in [3.05, 3.63) is 77.8 Å². The van der Waals surface area contributed by atoms with Crippen LogP contribution < -0.4 is 25.1 Å². The number of carbonyl (C=O) groups is 1. The Kier molecular flexibility index (Phi) is 4.11. The van der Waals surface area contributed by atoms with Gasteiger partial charge in [0.1, 0.15) is 17.9 Å². The molecule has 0 spiro atoms. The van der Waals surface area contributed by atoms with Crippen LogP contribution in [0.1, 0.15) is 16.7 Å². The van der Waals surface area contributed by atoms with Gasteiger partial charge < -0.3 is 10.2 Å². The van der Waals surface area contributed by atoms with Crippen molar-refractivity contribution in [3.8, 4) is 0 Å². The number of anilines is 2. The molecule has 1 aromatic heterocycles. The van der Waals surface area contributed by atoms with E-state index in [1.165, 1.54) is 11.3 Å². The smallest absolute Gasteiger partial charge is 0.272 e. The summed E-state index contributed by atoms with van der Waals surface area (Å²) in [6.07, 6.45) is 0. The summed E-state index contributed by atoms with van der Waals surface area (Å²) in [5.74, 6) is -0.287. The number of amides is 1. The van der Waals surface area contributed by atoms with Gasteiger partial charge in [-0.15, -0.1) is 0 Å². The summed E-state index contributed by atoms with van der Waals surface area (Å²) in [5.41, 5.74) is 4.84. The summed E-state index contributed by atoms with van der Waals surface area (Å²) < 4.78 is 2.02. The molecule has 8 heteroatoms. The highest BCUT2D eigenvalue weighted by Crippen LogP contribution is 2.32. The molecule has 0 bridgehead atoms. The number of thiazole rings is 1. The molecule has 0 atom stereocenters. The number of aryl methyl sites for hydroxylation is 2. The van der Waals surface area contributed by atoms with Gasteiger partial charge in [0.05, 0.1) is 5.57 Å². The molecule has 5 rings (SSSR count). The van der Waals surface area contributed by atoms with Gasteiger partial charge in [-0.3, -0.25) is 14.2 Å². The van der Waals surface area contributed by atoms with Crippen LogP contribution in [0.2, 0.25) is 5.02 Å². The summed E-state index contributed by atoms with van der Waals surface area (Å²) in [7, 11) is 0. The summed E-state index contributed by atoms with van der Waals surface area (Å²) in [4.78, 5) is 33.1. The lowest BCUT2D eigenvalue weighted by Gasteiger charge is -2.26. The zero-order valence-corrected chi connectivity index (χ0v) is 17.4. The number of hydrogen-bond donors (Lipinski definition) is 1. The third-order valence-corrected chi connectivity index (χ3v) is 6.43. The maximum absolute atomic E-state index is 13.2. The Morgan fingerprint density at radius 3 is 2.62 bits per heavy atom. The lowest BCUT2D eigenvalue weighted by molar-refractivity contribution is -0.110. The maximum atomic E-state index is 13.2. The van der Waals surface area contributed by atoms with E-state index in [0.717, 1.165) is 16.8 Å². The molecule has 2 aliphatic rings. The van der Waals surface area contributed by atoms with Crippen LogP contribution in [0.3, 0.4) is 0 Å². The first-order chi connectivity index (χ1) is 13.9. The Morgan fingerprint density at radius 1 is 1.10 bits per heavy atom. The fourth-order valence-corrected chi connectivity index (χ4v) is 5.05. The summed E-state index contributed by atoms with van der Waals surface area (Å²) in [5, 5.41) is 3.33. The van der Waals surface area contributed by atoms with Crippen molar-refractivity contribution in [2.45, 2.75) is 20.5 Å². The van der Waals surface area contributed by atoms with Gasteiger partial charge in [0.15, 0.2) is 4.80 Å². The van der Waals surface area contributed by atoms with Gasteiger partial charge in [-0.1, -0.05) is 29.0 Å². The zero-order chi connectivity index (χ0) is 20.3. The SMILES string of the molecule is Cc1cc(C)cc(N2CN=c3s/c(=C4\C(=O)Nc5ccc(Cl)cc54)c(=O)n3C2)c1. The standard InChI is InChI=1S/C21H17ClN4O2S/c1-11-5-12(2)7-14(6-11)25-9-23-21-26(10-25)20(28)18(29-21)17-15-8-13(22)3-4-16(15)24-19(17)27/h3-8H,9-10H2,1-2H3,(H,24,27)/b18-17-. The van der Waals surface area contributed by atoms with Gasteiger partial charge in [-0.2, -0.15) is 0 Å². The number of rotatable bonds is 1. The molecule has 0 saturated carbocycles. The number of benzene rings is 2. The highest BCUT2D eigenvalue weighted by Gasteiger charge is 2.28. The molecule has 3 heterocycles. The predicted molar refractivity (Wildman–Crippen MR) is 115 cm³/mol. The zero-order valence-electron chi connectivity index (χ0n) is 15.8. The molecule has 29 heavy (non-hydrogen) atoms. The number of carbonyl (C=O) groups excluding carboxylic acids is 1. The monoisotopic (exact) mass is 424 g/mol. The van der Waals surface area contributed by atoms with Crippen LogP contribution in [0.15, 0.2) is 46.2 Å². The van der Waals surface area contributed by atoms with Crippen LogP contribution in [-0.4, -0.2) is 17.1 Å². The van der Waals surface area contributed by atoms with Crippen LogP contribution in [0.4, 0.5) is 11.4 Å². The van der Waals surface area contributed by atoms with Gasteiger partial charge in [-0.25, -0.2) is 4.99 Å². The Morgan fingerprint density at radius 2 is 1.86 bits per heavy atom. The van der Waals surface area contributed by atoms with Crippen LogP contribution in [-0.2, 0) is 11.5 Å². The third-order valence-electron chi connectivity index (χ3n) is 5.08. The summed E-state index contributed by atoms with van der Waals surface area (Å²) >= 11 is 7.37. The van der Waals surface area contributed by atoms with Gasteiger partial charge in [0.2, 0.25) is 0 Å². The predicted octanol–water partition coefficient (Wildman–Crippen LogP) is 2.39. The van der Waals surface area contributed by atoms with E-state index in [1.54, 1.807) is 22.8 Å². The van der Waals surface area contributed by atoms with E-state index in [2.05, 4.69) is 47.3 Å². The van der Waals surface area contributed by atoms with Crippen molar-refractivity contribution in [1.82, 2.24) is 4.57 Å². The normalized spacial score (nSPS) is 16.9. The average Bonchev–Trinajstić information content (AvgIpc) is 3.16. The maximum Gasteiger partial charge on any atom is 0.272 e. The fraction of sp³-hybridized carbons (Fsp3) is 0.190. The molecule has 2 aliphatic heterocycles. The largest absolute Gasteiger partial charge is 0.334 e. The molecule has 1 amide bonds.